The summed E-state index contributed by atoms with van der Waals surface area (Å²) in [6, 6.07) is 0.561. The molecule has 3 rings (SSSR count). The Morgan fingerprint density at radius 3 is 2.36 bits per heavy atom. The van der Waals surface area contributed by atoms with Crippen LogP contribution in [-0.2, 0) is 9.84 Å². The predicted octanol–water partition coefficient (Wildman–Crippen LogP) is 3.10. The highest BCUT2D eigenvalue weighted by Crippen LogP contribution is 2.34. The first-order chi connectivity index (χ1) is 11.4. The second-order valence-electron chi connectivity index (χ2n) is 8.46. The predicted molar refractivity (Wildman–Crippen MR) is 114 cm³/mol. The van der Waals surface area contributed by atoms with Crippen LogP contribution in [0.4, 0.5) is 0 Å². The van der Waals surface area contributed by atoms with Crippen LogP contribution in [0, 0.1) is 11.3 Å². The first kappa shape index (κ1) is 21.3. The van der Waals surface area contributed by atoms with Gasteiger partial charge in [0, 0.05) is 19.1 Å². The lowest BCUT2D eigenvalue weighted by atomic mass is 9.83. The lowest BCUT2D eigenvalue weighted by Gasteiger charge is -2.26. The zero-order valence-corrected chi connectivity index (χ0v) is 18.6. The fourth-order valence-corrected chi connectivity index (χ4v) is 5.72. The van der Waals surface area contributed by atoms with Crippen LogP contribution >= 0.6 is 24.0 Å². The number of hydrogen-bond acceptors (Lipinski definition) is 3. The molecular formula is C18H34IN3O2S. The minimum absolute atomic E-state index is 0. The maximum absolute atomic E-state index is 11.6. The van der Waals surface area contributed by atoms with Crippen LogP contribution in [0.15, 0.2) is 4.99 Å². The summed E-state index contributed by atoms with van der Waals surface area (Å²) >= 11 is 0. The van der Waals surface area contributed by atoms with E-state index in [2.05, 4.69) is 17.6 Å². The Hall–Kier alpha value is -0.0500. The van der Waals surface area contributed by atoms with E-state index in [-0.39, 0.29) is 29.9 Å². The van der Waals surface area contributed by atoms with Crippen molar-refractivity contribution in [2.75, 3.05) is 24.6 Å². The Morgan fingerprint density at radius 1 is 1.12 bits per heavy atom. The number of guanidine groups is 1. The minimum Gasteiger partial charge on any atom is -0.356 e. The van der Waals surface area contributed by atoms with E-state index < -0.39 is 9.84 Å². The van der Waals surface area contributed by atoms with Crippen LogP contribution < -0.4 is 10.6 Å². The molecule has 3 aliphatic rings. The molecule has 7 heteroatoms. The van der Waals surface area contributed by atoms with Gasteiger partial charge in [0.1, 0.15) is 0 Å². The van der Waals surface area contributed by atoms with E-state index in [4.69, 9.17) is 4.99 Å². The molecule has 0 aromatic rings. The molecule has 0 aromatic heterocycles. The first-order valence-electron chi connectivity index (χ1n) is 9.69. The summed E-state index contributed by atoms with van der Waals surface area (Å²) < 4.78 is 23.2. The molecule has 0 aromatic carbocycles. The third-order valence-electron chi connectivity index (χ3n) is 5.73. The molecular weight excluding hydrogens is 449 g/mol. The maximum Gasteiger partial charge on any atom is 0.191 e. The summed E-state index contributed by atoms with van der Waals surface area (Å²) in [4.78, 5) is 4.88. The van der Waals surface area contributed by atoms with E-state index in [1.807, 2.05) is 0 Å². The third-order valence-corrected chi connectivity index (χ3v) is 7.57. The topological polar surface area (TPSA) is 70.6 Å². The Balaban J connectivity index is 0.00000225. The van der Waals surface area contributed by atoms with Crippen LogP contribution in [0.25, 0.3) is 0 Å². The average molecular weight is 483 g/mol. The van der Waals surface area contributed by atoms with Crippen LogP contribution in [-0.4, -0.2) is 45.0 Å². The van der Waals surface area contributed by atoms with Crippen molar-refractivity contribution < 1.29 is 8.42 Å². The van der Waals surface area contributed by atoms with Gasteiger partial charge in [-0.15, -0.1) is 24.0 Å². The van der Waals surface area contributed by atoms with Crippen LogP contribution in [0.5, 0.6) is 0 Å². The van der Waals surface area contributed by atoms with E-state index >= 15 is 0 Å². The van der Waals surface area contributed by atoms with Gasteiger partial charge in [-0.25, -0.2) is 8.42 Å². The van der Waals surface area contributed by atoms with E-state index in [0.29, 0.717) is 29.5 Å². The molecule has 1 unspecified atom stereocenters. The van der Waals surface area contributed by atoms with E-state index in [9.17, 15) is 8.42 Å². The SMILES string of the molecule is CC1(CN=C(NCC2CCS(=O)(=O)C2)NC2CC2)CCCCCC1.I. The summed E-state index contributed by atoms with van der Waals surface area (Å²) in [5.74, 6) is 1.80. The molecule has 1 saturated heterocycles. The van der Waals surface area contributed by atoms with Crippen LogP contribution in [0.2, 0.25) is 0 Å². The second kappa shape index (κ2) is 9.24. The molecule has 0 amide bonds. The summed E-state index contributed by atoms with van der Waals surface area (Å²) in [6.07, 6.45) is 11.1. The quantitative estimate of drug-likeness (QED) is 0.273. The third kappa shape index (κ3) is 7.23. The lowest BCUT2D eigenvalue weighted by Crippen LogP contribution is -2.42. The minimum atomic E-state index is -2.80. The molecule has 2 N–H and O–H groups in total. The number of halogens is 1. The average Bonchev–Trinajstić information content (AvgIpc) is 3.30. The molecule has 3 fully saturated rings. The normalized spacial score (nSPS) is 28.7. The number of sulfone groups is 1. The second-order valence-corrected chi connectivity index (χ2v) is 10.7. The molecule has 0 spiro atoms. The van der Waals surface area contributed by atoms with Gasteiger partial charge in [0.2, 0.25) is 0 Å². The van der Waals surface area contributed by atoms with Crippen molar-refractivity contribution in [3.63, 3.8) is 0 Å². The van der Waals surface area contributed by atoms with Crippen LogP contribution in [0.3, 0.4) is 0 Å². The smallest absolute Gasteiger partial charge is 0.191 e. The van der Waals surface area contributed by atoms with Gasteiger partial charge >= 0.3 is 0 Å². The van der Waals surface area contributed by atoms with Gasteiger partial charge in [-0.3, -0.25) is 4.99 Å². The van der Waals surface area contributed by atoms with Gasteiger partial charge in [-0.2, -0.15) is 0 Å². The number of nitrogens with zero attached hydrogens (tertiary/aromatic N) is 1. The molecule has 2 aliphatic carbocycles. The molecule has 1 atom stereocenters. The number of rotatable bonds is 5. The van der Waals surface area contributed by atoms with Crippen molar-refractivity contribution in [3.05, 3.63) is 0 Å². The maximum atomic E-state index is 11.6. The molecule has 25 heavy (non-hydrogen) atoms. The highest BCUT2D eigenvalue weighted by molar-refractivity contribution is 14.0. The van der Waals surface area contributed by atoms with Gasteiger partial charge in [-0.1, -0.05) is 32.6 Å². The van der Waals surface area contributed by atoms with Crippen molar-refractivity contribution in [1.82, 2.24) is 10.6 Å². The molecule has 146 valence electrons. The van der Waals surface area contributed by atoms with Gasteiger partial charge < -0.3 is 10.6 Å². The van der Waals surface area contributed by atoms with E-state index in [1.54, 1.807) is 0 Å². The highest BCUT2D eigenvalue weighted by Gasteiger charge is 2.29. The van der Waals surface area contributed by atoms with E-state index in [1.165, 1.54) is 51.4 Å². The molecule has 5 nitrogen and oxygen atoms in total. The van der Waals surface area contributed by atoms with Gasteiger partial charge in [-0.05, 0) is 43.4 Å². The van der Waals surface area contributed by atoms with Crippen molar-refractivity contribution in [3.8, 4) is 0 Å². The number of hydrogen-bond donors (Lipinski definition) is 2. The Labute approximate surface area is 170 Å². The monoisotopic (exact) mass is 483 g/mol. The highest BCUT2D eigenvalue weighted by atomic mass is 127. The lowest BCUT2D eigenvalue weighted by molar-refractivity contribution is 0.289. The number of nitrogens with one attached hydrogen (secondary N) is 2. The molecule has 1 aliphatic heterocycles. The summed E-state index contributed by atoms with van der Waals surface area (Å²) in [5, 5.41) is 6.92. The molecule has 1 heterocycles. The van der Waals surface area contributed by atoms with Gasteiger partial charge in [0.25, 0.3) is 0 Å². The van der Waals surface area contributed by atoms with Gasteiger partial charge in [0.15, 0.2) is 15.8 Å². The van der Waals surface area contributed by atoms with Crippen LogP contribution in [0.1, 0.15) is 64.7 Å². The molecule has 0 radical (unpaired) electrons. The zero-order valence-electron chi connectivity index (χ0n) is 15.4. The largest absolute Gasteiger partial charge is 0.356 e. The van der Waals surface area contributed by atoms with Gasteiger partial charge in [0.05, 0.1) is 11.5 Å². The van der Waals surface area contributed by atoms with Crippen molar-refractivity contribution in [2.45, 2.75) is 70.8 Å². The number of aliphatic imine (C=N–C) groups is 1. The first-order valence-corrected chi connectivity index (χ1v) is 11.5. The fraction of sp³-hybridized carbons (Fsp3) is 0.944. The van der Waals surface area contributed by atoms with Crippen molar-refractivity contribution in [2.24, 2.45) is 16.3 Å². The summed E-state index contributed by atoms with van der Waals surface area (Å²) in [7, 11) is -2.80. The summed E-state index contributed by atoms with van der Waals surface area (Å²) in [6.45, 7) is 3.96. The Morgan fingerprint density at radius 2 is 1.80 bits per heavy atom. The molecule has 0 bridgehead atoms. The fourth-order valence-electron chi connectivity index (χ4n) is 3.86. The molecule has 2 saturated carbocycles. The standard InChI is InChI=1S/C18H33N3O2S.HI/c1-18(9-4-2-3-5-10-18)14-20-17(21-16-6-7-16)19-12-15-8-11-24(22,23)13-15;/h15-16H,2-14H2,1H3,(H2,19,20,21);1H. The van der Waals surface area contributed by atoms with E-state index in [0.717, 1.165) is 18.9 Å². The zero-order chi connectivity index (χ0) is 17.0. The van der Waals surface area contributed by atoms with Crippen molar-refractivity contribution >= 4 is 39.8 Å². The summed E-state index contributed by atoms with van der Waals surface area (Å²) in [5.41, 5.74) is 0.325. The van der Waals surface area contributed by atoms with Crippen molar-refractivity contribution in [1.29, 1.82) is 0 Å². The Bertz CT molecular complexity index is 553. The Kier molecular flexibility index (Phi) is 7.85.